The summed E-state index contributed by atoms with van der Waals surface area (Å²) >= 11 is 6.22. The van der Waals surface area contributed by atoms with Crippen molar-refractivity contribution < 1.29 is 14.0 Å². The molecule has 0 saturated carbocycles. The number of ether oxygens (including phenoxy) is 2. The molecule has 1 aromatic carbocycles. The van der Waals surface area contributed by atoms with E-state index in [2.05, 4.69) is 5.16 Å². The van der Waals surface area contributed by atoms with Gasteiger partial charge in [-0.15, -0.1) is 0 Å². The Labute approximate surface area is 108 Å². The van der Waals surface area contributed by atoms with Gasteiger partial charge in [0.2, 0.25) is 5.88 Å². The van der Waals surface area contributed by atoms with Crippen LogP contribution in [-0.2, 0) is 0 Å². The minimum Gasteiger partial charge on any atom is -0.490 e. The number of nitrogens with zero attached hydrogens (tertiary/aromatic N) is 1. The Hall–Kier alpha value is -1.88. The first kappa shape index (κ1) is 11.2. The smallest absolute Gasteiger partial charge is 0.230 e. The molecule has 0 atom stereocenters. The maximum absolute atomic E-state index is 6.22. The molecule has 2 aromatic rings. The zero-order valence-corrected chi connectivity index (χ0v) is 10.2. The van der Waals surface area contributed by atoms with Crippen LogP contribution in [0.25, 0.3) is 11.1 Å². The maximum atomic E-state index is 6.22. The summed E-state index contributed by atoms with van der Waals surface area (Å²) in [4.78, 5) is 0. The van der Waals surface area contributed by atoms with Crippen LogP contribution in [0.3, 0.4) is 0 Å². The lowest BCUT2D eigenvalue weighted by molar-refractivity contribution is 0.297. The van der Waals surface area contributed by atoms with Crippen molar-refractivity contribution in [2.45, 2.75) is 6.42 Å². The summed E-state index contributed by atoms with van der Waals surface area (Å²) in [7, 11) is 0. The fourth-order valence-electron chi connectivity index (χ4n) is 1.90. The van der Waals surface area contributed by atoms with Gasteiger partial charge in [0.1, 0.15) is 0 Å². The third kappa shape index (κ3) is 1.76. The van der Waals surface area contributed by atoms with Crippen molar-refractivity contribution in [2.75, 3.05) is 18.9 Å². The highest BCUT2D eigenvalue weighted by Crippen LogP contribution is 2.45. The number of hydrogen-bond acceptors (Lipinski definition) is 5. The molecule has 18 heavy (non-hydrogen) atoms. The number of aromatic nitrogens is 1. The van der Waals surface area contributed by atoms with E-state index >= 15 is 0 Å². The first-order chi connectivity index (χ1) is 8.77. The molecule has 2 N–H and O–H groups in total. The van der Waals surface area contributed by atoms with Gasteiger partial charge in [-0.05, 0) is 12.1 Å². The molecule has 0 bridgehead atoms. The highest BCUT2D eigenvalue weighted by atomic mass is 35.5. The van der Waals surface area contributed by atoms with E-state index in [1.54, 1.807) is 12.1 Å². The first-order valence-corrected chi connectivity index (χ1v) is 5.94. The van der Waals surface area contributed by atoms with Gasteiger partial charge >= 0.3 is 0 Å². The van der Waals surface area contributed by atoms with Crippen LogP contribution in [0.4, 0.5) is 5.88 Å². The van der Waals surface area contributed by atoms with Crippen molar-refractivity contribution in [3.8, 4) is 22.6 Å². The fourth-order valence-corrected chi connectivity index (χ4v) is 2.15. The lowest BCUT2D eigenvalue weighted by Gasteiger charge is -2.13. The number of hydrogen-bond donors (Lipinski definition) is 1. The molecular formula is C12H11ClN2O3. The molecule has 2 heterocycles. The minimum absolute atomic E-state index is 0.207. The van der Waals surface area contributed by atoms with Crippen molar-refractivity contribution >= 4 is 17.5 Å². The molecular weight excluding hydrogens is 256 g/mol. The van der Waals surface area contributed by atoms with Gasteiger partial charge in [0.05, 0.1) is 35.6 Å². The summed E-state index contributed by atoms with van der Waals surface area (Å²) < 4.78 is 16.2. The number of nitrogens with two attached hydrogens (primary N) is 1. The van der Waals surface area contributed by atoms with Gasteiger partial charge in [0, 0.05) is 6.42 Å². The molecule has 0 radical (unpaired) electrons. The summed E-state index contributed by atoms with van der Waals surface area (Å²) in [5.41, 5.74) is 7.00. The molecule has 1 aliphatic rings. The molecule has 0 amide bonds. The lowest BCUT2D eigenvalue weighted by atomic mass is 10.1. The highest BCUT2D eigenvalue weighted by molar-refractivity contribution is 6.34. The van der Waals surface area contributed by atoms with Crippen LogP contribution in [0.1, 0.15) is 6.42 Å². The van der Waals surface area contributed by atoms with E-state index in [9.17, 15) is 0 Å². The van der Waals surface area contributed by atoms with Crippen LogP contribution in [0, 0.1) is 0 Å². The third-order valence-electron chi connectivity index (χ3n) is 2.73. The molecule has 0 saturated heterocycles. The quantitative estimate of drug-likeness (QED) is 0.859. The Kier molecular flexibility index (Phi) is 2.76. The SMILES string of the molecule is Nc1oncc1-c1c(Cl)ccc2c1OCCCO2. The van der Waals surface area contributed by atoms with Gasteiger partial charge in [-0.25, -0.2) is 0 Å². The second-order valence-electron chi connectivity index (χ2n) is 3.90. The van der Waals surface area contributed by atoms with Gasteiger partial charge in [-0.1, -0.05) is 16.8 Å². The maximum Gasteiger partial charge on any atom is 0.230 e. The normalized spacial score (nSPS) is 14.3. The molecule has 3 rings (SSSR count). The van der Waals surface area contributed by atoms with Crippen LogP contribution in [0.5, 0.6) is 11.5 Å². The van der Waals surface area contributed by atoms with Gasteiger partial charge in [0.15, 0.2) is 11.5 Å². The summed E-state index contributed by atoms with van der Waals surface area (Å²) in [6.07, 6.45) is 2.34. The van der Waals surface area contributed by atoms with E-state index in [0.717, 1.165) is 6.42 Å². The van der Waals surface area contributed by atoms with Crippen LogP contribution >= 0.6 is 11.6 Å². The summed E-state index contributed by atoms with van der Waals surface area (Å²) in [6.45, 7) is 1.19. The molecule has 5 nitrogen and oxygen atoms in total. The van der Waals surface area contributed by atoms with Crippen LogP contribution < -0.4 is 15.2 Å². The first-order valence-electron chi connectivity index (χ1n) is 5.56. The van der Waals surface area contributed by atoms with Gasteiger partial charge in [0.25, 0.3) is 0 Å². The van der Waals surface area contributed by atoms with Crippen LogP contribution in [0.15, 0.2) is 22.9 Å². The number of halogens is 1. The Morgan fingerprint density at radius 3 is 2.83 bits per heavy atom. The predicted molar refractivity (Wildman–Crippen MR) is 67.0 cm³/mol. The molecule has 6 heteroatoms. The summed E-state index contributed by atoms with van der Waals surface area (Å²) in [6, 6.07) is 3.53. The summed E-state index contributed by atoms with van der Waals surface area (Å²) in [5, 5.41) is 4.18. The van der Waals surface area contributed by atoms with Gasteiger partial charge < -0.3 is 19.7 Å². The second-order valence-corrected chi connectivity index (χ2v) is 4.31. The number of benzene rings is 1. The van der Waals surface area contributed by atoms with Crippen LogP contribution in [-0.4, -0.2) is 18.4 Å². The Morgan fingerprint density at radius 1 is 1.22 bits per heavy atom. The van der Waals surface area contributed by atoms with Gasteiger partial charge in [-0.2, -0.15) is 0 Å². The molecule has 0 spiro atoms. The monoisotopic (exact) mass is 266 g/mol. The number of rotatable bonds is 1. The second kappa shape index (κ2) is 4.42. The number of anilines is 1. The van der Waals surface area contributed by atoms with E-state index in [0.29, 0.717) is 40.9 Å². The highest BCUT2D eigenvalue weighted by Gasteiger charge is 2.22. The standard InChI is InChI=1S/C12H11ClN2O3/c13-8-2-3-9-11(17-5-1-4-16-9)10(8)7-6-15-18-12(7)14/h2-3,6H,1,4-5,14H2. The largest absolute Gasteiger partial charge is 0.490 e. The Balaban J connectivity index is 2.22. The van der Waals surface area contributed by atoms with E-state index in [4.69, 9.17) is 31.3 Å². The molecule has 0 unspecified atom stereocenters. The molecule has 1 aromatic heterocycles. The van der Waals surface area contributed by atoms with E-state index < -0.39 is 0 Å². The number of fused-ring (bicyclic) bond motifs is 1. The third-order valence-corrected chi connectivity index (χ3v) is 3.05. The Bertz CT molecular complexity index is 583. The summed E-state index contributed by atoms with van der Waals surface area (Å²) in [5.74, 6) is 1.46. The predicted octanol–water partition coefficient (Wildman–Crippen LogP) is 2.74. The molecule has 0 aliphatic carbocycles. The molecule has 0 fully saturated rings. The van der Waals surface area contributed by atoms with Crippen molar-refractivity contribution in [1.29, 1.82) is 0 Å². The zero-order valence-electron chi connectivity index (χ0n) is 9.48. The average molecular weight is 267 g/mol. The van der Waals surface area contributed by atoms with E-state index in [1.165, 1.54) is 6.20 Å². The average Bonchev–Trinajstić information content (AvgIpc) is 2.64. The van der Waals surface area contributed by atoms with Crippen molar-refractivity contribution in [3.63, 3.8) is 0 Å². The zero-order chi connectivity index (χ0) is 12.5. The van der Waals surface area contributed by atoms with E-state index in [1.807, 2.05) is 0 Å². The molecule has 94 valence electrons. The van der Waals surface area contributed by atoms with Crippen molar-refractivity contribution in [1.82, 2.24) is 5.16 Å². The number of nitrogen functional groups attached to an aromatic ring is 1. The van der Waals surface area contributed by atoms with Crippen molar-refractivity contribution in [3.05, 3.63) is 23.4 Å². The van der Waals surface area contributed by atoms with Crippen molar-refractivity contribution in [2.24, 2.45) is 0 Å². The fraction of sp³-hybridized carbons (Fsp3) is 0.250. The lowest BCUT2D eigenvalue weighted by Crippen LogP contribution is -1.98. The van der Waals surface area contributed by atoms with Crippen LogP contribution in [0.2, 0.25) is 5.02 Å². The minimum atomic E-state index is 0.207. The molecule has 1 aliphatic heterocycles. The Morgan fingerprint density at radius 2 is 2.06 bits per heavy atom. The van der Waals surface area contributed by atoms with Gasteiger partial charge in [-0.3, -0.25) is 0 Å². The van der Waals surface area contributed by atoms with E-state index in [-0.39, 0.29) is 5.88 Å². The topological polar surface area (TPSA) is 70.5 Å².